The Balaban J connectivity index is 3.21. The van der Waals surface area contributed by atoms with E-state index in [-0.39, 0.29) is 17.9 Å². The lowest BCUT2D eigenvalue weighted by Gasteiger charge is -2.11. The van der Waals surface area contributed by atoms with Crippen molar-refractivity contribution < 1.29 is 29.3 Å². The molecule has 1 aromatic carbocycles. The molecule has 96 valence electrons. The van der Waals surface area contributed by atoms with Crippen LogP contribution in [-0.4, -0.2) is 22.5 Å². The van der Waals surface area contributed by atoms with Crippen molar-refractivity contribution in [2.75, 3.05) is 0 Å². The second-order valence-corrected chi connectivity index (χ2v) is 3.21. The Morgan fingerprint density at radius 3 is 2.06 bits per heavy atom. The van der Waals surface area contributed by atoms with Gasteiger partial charge < -0.3 is 19.7 Å². The van der Waals surface area contributed by atoms with Crippen LogP contribution in [0.2, 0.25) is 0 Å². The summed E-state index contributed by atoms with van der Waals surface area (Å²) < 4.78 is 9.12. The first-order valence-electron chi connectivity index (χ1n) is 5.14. The van der Waals surface area contributed by atoms with Crippen LogP contribution < -0.4 is 0 Å². The fourth-order valence-corrected chi connectivity index (χ4v) is 1.34. The molecule has 0 unspecified atom stereocenters. The molecule has 0 fully saturated rings. The minimum absolute atomic E-state index is 0.0592. The van der Waals surface area contributed by atoms with Crippen LogP contribution >= 0.6 is 0 Å². The molecule has 0 radical (unpaired) electrons. The molecule has 1 rings (SSSR count). The molecule has 6 nitrogen and oxygen atoms in total. The van der Waals surface area contributed by atoms with Gasteiger partial charge in [0.1, 0.15) is 0 Å². The first-order chi connectivity index (χ1) is 8.54. The molecule has 0 amide bonds. The molecule has 0 heterocycles. The maximum absolute atomic E-state index is 10.6. The van der Waals surface area contributed by atoms with Gasteiger partial charge in [-0.2, -0.15) is 0 Å². The summed E-state index contributed by atoms with van der Waals surface area (Å²) in [6.45, 7) is 1.63. The van der Waals surface area contributed by atoms with E-state index in [4.69, 9.17) is 10.2 Å². The average Bonchev–Trinajstić information content (AvgIpc) is 2.34. The van der Waals surface area contributed by atoms with E-state index in [1.165, 1.54) is 0 Å². The van der Waals surface area contributed by atoms with Gasteiger partial charge in [0.05, 0.1) is 0 Å². The number of hydrogen-bond donors (Lipinski definition) is 2. The first kappa shape index (κ1) is 13.6. The molecule has 0 saturated carbocycles. The molecule has 0 aliphatic rings. The number of benzene rings is 1. The maximum atomic E-state index is 10.6. The third-order valence-electron chi connectivity index (χ3n) is 2.01. The monoisotopic (exact) mass is 252 g/mol. The van der Waals surface area contributed by atoms with Crippen LogP contribution in [0.1, 0.15) is 18.9 Å². The van der Waals surface area contributed by atoms with Crippen molar-refractivity contribution in [1.29, 1.82) is 0 Å². The summed E-state index contributed by atoms with van der Waals surface area (Å²) in [5.41, 5.74) is 0.429. The van der Waals surface area contributed by atoms with Crippen molar-refractivity contribution in [1.82, 2.24) is 0 Å². The zero-order valence-corrected chi connectivity index (χ0v) is 9.62. The van der Waals surface area contributed by atoms with Gasteiger partial charge in [-0.1, -0.05) is 37.3 Å². The molecule has 6 heteroatoms. The summed E-state index contributed by atoms with van der Waals surface area (Å²) in [5.74, 6) is -0.177. The van der Waals surface area contributed by atoms with Crippen molar-refractivity contribution in [2.24, 2.45) is 0 Å². The lowest BCUT2D eigenvalue weighted by Crippen LogP contribution is -2.07. The third kappa shape index (κ3) is 3.82. The molecular weight excluding hydrogens is 240 g/mol. The molecule has 0 saturated heterocycles. The summed E-state index contributed by atoms with van der Waals surface area (Å²) >= 11 is 0. The largest absolute Gasteiger partial charge is 0.511 e. The summed E-state index contributed by atoms with van der Waals surface area (Å²) in [6.07, 6.45) is -2.87. The van der Waals surface area contributed by atoms with E-state index >= 15 is 0 Å². The van der Waals surface area contributed by atoms with E-state index in [0.717, 1.165) is 0 Å². The molecule has 0 spiro atoms. The van der Waals surface area contributed by atoms with Crippen LogP contribution in [0.3, 0.4) is 0 Å². The van der Waals surface area contributed by atoms with Crippen molar-refractivity contribution in [2.45, 2.75) is 13.3 Å². The molecule has 0 bridgehead atoms. The second-order valence-electron chi connectivity index (χ2n) is 3.21. The molecule has 0 aliphatic heterocycles. The molecule has 0 aromatic heterocycles. The number of carbonyl (C=O) groups is 2. The van der Waals surface area contributed by atoms with Crippen LogP contribution in [0.25, 0.3) is 5.76 Å². The smallest absolute Gasteiger partial charge is 0.449 e. The van der Waals surface area contributed by atoms with Gasteiger partial charge in [-0.15, -0.1) is 0 Å². The molecule has 1 aromatic rings. The Labute approximate surface area is 103 Å². The van der Waals surface area contributed by atoms with Crippen LogP contribution in [0, 0.1) is 0 Å². The Kier molecular flexibility index (Phi) is 4.74. The number of allylic oxidation sites excluding steroid dienone is 1. The Morgan fingerprint density at radius 2 is 1.61 bits per heavy atom. The van der Waals surface area contributed by atoms with Crippen molar-refractivity contribution in [3.8, 4) is 0 Å². The fourth-order valence-electron chi connectivity index (χ4n) is 1.34. The van der Waals surface area contributed by atoms with Gasteiger partial charge >= 0.3 is 12.3 Å². The normalized spacial score (nSPS) is 11.4. The second kappa shape index (κ2) is 6.29. The van der Waals surface area contributed by atoms with Gasteiger partial charge in [0.15, 0.2) is 11.5 Å². The zero-order valence-electron chi connectivity index (χ0n) is 9.62. The van der Waals surface area contributed by atoms with Crippen LogP contribution in [0.15, 0.2) is 36.1 Å². The predicted octanol–water partition coefficient (Wildman–Crippen LogP) is 3.15. The summed E-state index contributed by atoms with van der Waals surface area (Å²) in [7, 11) is 0. The molecule has 18 heavy (non-hydrogen) atoms. The number of ether oxygens (including phenoxy) is 2. The minimum Gasteiger partial charge on any atom is -0.449 e. The van der Waals surface area contributed by atoms with Gasteiger partial charge in [0.25, 0.3) is 0 Å². The van der Waals surface area contributed by atoms with Crippen LogP contribution in [-0.2, 0) is 9.47 Å². The quantitative estimate of drug-likeness (QED) is 0.631. The predicted molar refractivity (Wildman–Crippen MR) is 61.9 cm³/mol. The fraction of sp³-hybridized carbons (Fsp3) is 0.167. The topological polar surface area (TPSA) is 93.1 Å². The van der Waals surface area contributed by atoms with E-state index in [9.17, 15) is 9.59 Å². The number of hydrogen-bond acceptors (Lipinski definition) is 4. The maximum Gasteiger partial charge on any atom is 0.511 e. The van der Waals surface area contributed by atoms with Gasteiger partial charge in [0.2, 0.25) is 0 Å². The van der Waals surface area contributed by atoms with Gasteiger partial charge in [0, 0.05) is 12.0 Å². The lowest BCUT2D eigenvalue weighted by molar-refractivity contribution is 0.108. The van der Waals surface area contributed by atoms with Gasteiger partial charge in [-0.25, -0.2) is 9.59 Å². The molecule has 0 atom stereocenters. The molecule has 2 N–H and O–H groups in total. The summed E-state index contributed by atoms with van der Waals surface area (Å²) in [6, 6.07) is 8.28. The first-order valence-corrected chi connectivity index (χ1v) is 5.14. The van der Waals surface area contributed by atoms with E-state index in [0.29, 0.717) is 5.56 Å². The molecule has 0 aliphatic carbocycles. The van der Waals surface area contributed by atoms with Gasteiger partial charge in [-0.3, -0.25) is 0 Å². The highest BCUT2D eigenvalue weighted by atomic mass is 16.7. The molecular formula is C12H12O6. The number of carboxylic acid groups (broad SMARTS) is 2. The lowest BCUT2D eigenvalue weighted by atomic mass is 10.1. The van der Waals surface area contributed by atoms with Crippen molar-refractivity contribution in [3.05, 3.63) is 41.7 Å². The van der Waals surface area contributed by atoms with E-state index < -0.39 is 12.3 Å². The SMILES string of the molecule is CC/C(OC(=O)O)=C(\OC(=O)O)c1ccccc1. The summed E-state index contributed by atoms with van der Waals surface area (Å²) in [5, 5.41) is 17.2. The average molecular weight is 252 g/mol. The highest BCUT2D eigenvalue weighted by Gasteiger charge is 2.17. The highest BCUT2D eigenvalue weighted by molar-refractivity contribution is 5.74. The highest BCUT2D eigenvalue weighted by Crippen LogP contribution is 2.23. The number of rotatable bonds is 4. The minimum atomic E-state index is -1.53. The van der Waals surface area contributed by atoms with Gasteiger partial charge in [-0.05, 0) is 0 Å². The standard InChI is InChI=1S/C12H12O6/c1-2-9(17-11(13)14)10(18-12(15)16)8-6-4-3-5-7-8/h3-7H,2H2,1H3,(H,13,14)(H,15,16)/b10-9+. The third-order valence-corrected chi connectivity index (χ3v) is 2.01. The Morgan fingerprint density at radius 1 is 1.06 bits per heavy atom. The van der Waals surface area contributed by atoms with E-state index in [1.807, 2.05) is 0 Å². The van der Waals surface area contributed by atoms with E-state index in [2.05, 4.69) is 9.47 Å². The van der Waals surface area contributed by atoms with Crippen LogP contribution in [0.4, 0.5) is 9.59 Å². The van der Waals surface area contributed by atoms with Crippen LogP contribution in [0.5, 0.6) is 0 Å². The Hall–Kier alpha value is -2.50. The summed E-state index contributed by atoms with van der Waals surface area (Å²) in [4.78, 5) is 21.2. The van der Waals surface area contributed by atoms with Crippen molar-refractivity contribution in [3.63, 3.8) is 0 Å². The van der Waals surface area contributed by atoms with E-state index in [1.54, 1.807) is 37.3 Å². The van der Waals surface area contributed by atoms with Crippen molar-refractivity contribution >= 4 is 18.1 Å². The Bertz CT molecular complexity index is 463. The zero-order chi connectivity index (χ0) is 13.5.